The van der Waals surface area contributed by atoms with E-state index in [-0.39, 0.29) is 5.97 Å². The van der Waals surface area contributed by atoms with Gasteiger partial charge >= 0.3 is 5.97 Å². The zero-order valence-corrected chi connectivity index (χ0v) is 10.6. The highest BCUT2D eigenvalue weighted by Gasteiger charge is 2.16. The minimum atomic E-state index is -0.387. The van der Waals surface area contributed by atoms with Crippen molar-refractivity contribution in [1.82, 2.24) is 9.97 Å². The molecule has 2 rings (SSSR count). The molecule has 92 valence electrons. The Morgan fingerprint density at radius 3 is 3.00 bits per heavy atom. The lowest BCUT2D eigenvalue weighted by atomic mass is 10.4. The van der Waals surface area contributed by atoms with Gasteiger partial charge in [0.2, 0.25) is 5.95 Å². The molecule has 0 atom stereocenters. The molecule has 0 aromatic carbocycles. The summed E-state index contributed by atoms with van der Waals surface area (Å²) in [5.74, 6) is 2.39. The second-order valence-corrected chi connectivity index (χ2v) is 4.79. The van der Waals surface area contributed by atoms with E-state index in [1.54, 1.807) is 19.2 Å². The van der Waals surface area contributed by atoms with Crippen molar-refractivity contribution in [2.45, 2.75) is 6.92 Å². The van der Waals surface area contributed by atoms with Crippen molar-refractivity contribution in [1.29, 1.82) is 0 Å². The van der Waals surface area contributed by atoms with Gasteiger partial charge in [0, 0.05) is 30.8 Å². The van der Waals surface area contributed by atoms with E-state index >= 15 is 0 Å². The summed E-state index contributed by atoms with van der Waals surface area (Å²) in [5, 5.41) is 0. The standard InChI is InChI=1S/C11H15N3O2S/c1-2-16-10(15)9-3-4-12-11(13-9)14-5-7-17-8-6-14/h3-4H,2,5-8H2,1H3. The molecule has 0 amide bonds. The summed E-state index contributed by atoms with van der Waals surface area (Å²) in [6.07, 6.45) is 1.61. The SMILES string of the molecule is CCOC(=O)c1ccnc(N2CCSCC2)n1. The van der Waals surface area contributed by atoms with Gasteiger partial charge in [0.1, 0.15) is 0 Å². The number of hydrogen-bond donors (Lipinski definition) is 0. The molecule has 0 radical (unpaired) electrons. The molecule has 1 saturated heterocycles. The molecule has 1 aliphatic heterocycles. The average Bonchev–Trinajstić information content (AvgIpc) is 2.40. The Hall–Kier alpha value is -1.30. The van der Waals surface area contributed by atoms with Crippen LogP contribution in [0.25, 0.3) is 0 Å². The molecule has 5 nitrogen and oxygen atoms in total. The van der Waals surface area contributed by atoms with Gasteiger partial charge < -0.3 is 9.64 Å². The van der Waals surface area contributed by atoms with Gasteiger partial charge in [-0.25, -0.2) is 14.8 Å². The monoisotopic (exact) mass is 253 g/mol. The Labute approximate surface area is 105 Å². The molecule has 0 N–H and O–H groups in total. The molecule has 0 unspecified atom stereocenters. The number of hydrogen-bond acceptors (Lipinski definition) is 6. The van der Waals surface area contributed by atoms with Gasteiger partial charge in [-0.1, -0.05) is 0 Å². The summed E-state index contributed by atoms with van der Waals surface area (Å²) in [6.45, 7) is 3.99. The maximum absolute atomic E-state index is 11.5. The van der Waals surface area contributed by atoms with Crippen molar-refractivity contribution in [3.63, 3.8) is 0 Å². The first-order chi connectivity index (χ1) is 8.31. The molecule has 0 bridgehead atoms. The number of carbonyl (C=O) groups is 1. The van der Waals surface area contributed by atoms with E-state index in [1.165, 1.54) is 0 Å². The quantitative estimate of drug-likeness (QED) is 0.755. The van der Waals surface area contributed by atoms with Gasteiger partial charge in [-0.2, -0.15) is 11.8 Å². The number of aromatic nitrogens is 2. The van der Waals surface area contributed by atoms with Crippen molar-refractivity contribution in [2.75, 3.05) is 36.1 Å². The van der Waals surface area contributed by atoms with Crippen molar-refractivity contribution < 1.29 is 9.53 Å². The molecule has 0 aliphatic carbocycles. The first-order valence-electron chi connectivity index (χ1n) is 5.64. The number of thioether (sulfide) groups is 1. The Bertz CT molecular complexity index is 394. The molecule has 1 fully saturated rings. The molecular formula is C11H15N3O2S. The van der Waals surface area contributed by atoms with Crippen molar-refractivity contribution in [2.24, 2.45) is 0 Å². The Morgan fingerprint density at radius 2 is 2.29 bits per heavy atom. The normalized spacial score (nSPS) is 15.7. The minimum absolute atomic E-state index is 0.329. The highest BCUT2D eigenvalue weighted by atomic mass is 32.2. The van der Waals surface area contributed by atoms with Gasteiger partial charge in [0.25, 0.3) is 0 Å². The summed E-state index contributed by atoms with van der Waals surface area (Å²) in [4.78, 5) is 22.1. The summed E-state index contributed by atoms with van der Waals surface area (Å²) < 4.78 is 4.92. The highest BCUT2D eigenvalue weighted by molar-refractivity contribution is 7.99. The topological polar surface area (TPSA) is 55.3 Å². The van der Waals surface area contributed by atoms with Crippen molar-refractivity contribution >= 4 is 23.7 Å². The number of nitrogens with zero attached hydrogens (tertiary/aromatic N) is 3. The lowest BCUT2D eigenvalue weighted by Crippen LogP contribution is -2.34. The van der Waals surface area contributed by atoms with E-state index in [1.807, 2.05) is 11.8 Å². The molecule has 1 aromatic heterocycles. The predicted octanol–water partition coefficient (Wildman–Crippen LogP) is 1.21. The number of rotatable bonds is 3. The molecule has 17 heavy (non-hydrogen) atoms. The molecule has 1 aliphatic rings. The Balaban J connectivity index is 2.12. The predicted molar refractivity (Wildman–Crippen MR) is 67.5 cm³/mol. The fourth-order valence-electron chi connectivity index (χ4n) is 1.58. The van der Waals surface area contributed by atoms with Crippen LogP contribution in [-0.4, -0.2) is 47.1 Å². The fraction of sp³-hybridized carbons (Fsp3) is 0.545. The van der Waals surface area contributed by atoms with E-state index in [0.29, 0.717) is 18.2 Å². The van der Waals surface area contributed by atoms with Crippen LogP contribution >= 0.6 is 11.8 Å². The largest absolute Gasteiger partial charge is 0.461 e. The fourth-order valence-corrected chi connectivity index (χ4v) is 2.49. The zero-order chi connectivity index (χ0) is 12.1. The van der Waals surface area contributed by atoms with E-state index < -0.39 is 0 Å². The van der Waals surface area contributed by atoms with Gasteiger partial charge in [-0.05, 0) is 13.0 Å². The summed E-state index contributed by atoms with van der Waals surface area (Å²) in [5.41, 5.74) is 0.329. The summed E-state index contributed by atoms with van der Waals surface area (Å²) >= 11 is 1.92. The van der Waals surface area contributed by atoms with E-state index in [4.69, 9.17) is 4.74 Å². The molecule has 2 heterocycles. The van der Waals surface area contributed by atoms with Crippen molar-refractivity contribution in [3.8, 4) is 0 Å². The Morgan fingerprint density at radius 1 is 1.53 bits per heavy atom. The van der Waals surface area contributed by atoms with Gasteiger partial charge in [-0.15, -0.1) is 0 Å². The minimum Gasteiger partial charge on any atom is -0.461 e. The summed E-state index contributed by atoms with van der Waals surface area (Å²) in [7, 11) is 0. The molecule has 0 saturated carbocycles. The van der Waals surface area contributed by atoms with Crippen LogP contribution in [0.1, 0.15) is 17.4 Å². The average molecular weight is 253 g/mol. The maximum atomic E-state index is 11.5. The van der Waals surface area contributed by atoms with Crippen molar-refractivity contribution in [3.05, 3.63) is 18.0 Å². The molecule has 6 heteroatoms. The van der Waals surface area contributed by atoms with Crippen LogP contribution in [0.15, 0.2) is 12.3 Å². The zero-order valence-electron chi connectivity index (χ0n) is 9.76. The van der Waals surface area contributed by atoms with Gasteiger partial charge in [0.05, 0.1) is 6.61 Å². The third kappa shape index (κ3) is 3.09. The maximum Gasteiger partial charge on any atom is 0.357 e. The van der Waals surface area contributed by atoms with Crippen LogP contribution in [0.4, 0.5) is 5.95 Å². The second-order valence-electron chi connectivity index (χ2n) is 3.56. The van der Waals surface area contributed by atoms with E-state index in [2.05, 4.69) is 14.9 Å². The third-order valence-electron chi connectivity index (χ3n) is 2.42. The first-order valence-corrected chi connectivity index (χ1v) is 6.79. The smallest absolute Gasteiger partial charge is 0.357 e. The van der Waals surface area contributed by atoms with Crippen LogP contribution in [0.3, 0.4) is 0 Å². The van der Waals surface area contributed by atoms with Gasteiger partial charge in [-0.3, -0.25) is 0 Å². The number of ether oxygens (including phenoxy) is 1. The summed E-state index contributed by atoms with van der Waals surface area (Å²) in [6, 6.07) is 1.58. The second kappa shape index (κ2) is 5.86. The van der Waals surface area contributed by atoms with Crippen LogP contribution in [-0.2, 0) is 4.74 Å². The highest BCUT2D eigenvalue weighted by Crippen LogP contribution is 2.15. The van der Waals surface area contributed by atoms with Crippen LogP contribution < -0.4 is 4.90 Å². The first kappa shape index (κ1) is 12.2. The molecule has 0 spiro atoms. The number of carbonyl (C=O) groups excluding carboxylic acids is 1. The molecule has 1 aromatic rings. The Kier molecular flexibility index (Phi) is 4.19. The number of anilines is 1. The van der Waals surface area contributed by atoms with E-state index in [0.717, 1.165) is 24.6 Å². The van der Waals surface area contributed by atoms with Gasteiger partial charge in [0.15, 0.2) is 5.69 Å². The van der Waals surface area contributed by atoms with Crippen LogP contribution in [0, 0.1) is 0 Å². The lowest BCUT2D eigenvalue weighted by molar-refractivity contribution is 0.0519. The lowest BCUT2D eigenvalue weighted by Gasteiger charge is -2.26. The third-order valence-corrected chi connectivity index (χ3v) is 3.36. The van der Waals surface area contributed by atoms with Crippen LogP contribution in [0.5, 0.6) is 0 Å². The number of esters is 1. The molecular weight excluding hydrogens is 238 g/mol. The van der Waals surface area contributed by atoms with Crippen LogP contribution in [0.2, 0.25) is 0 Å². The van der Waals surface area contributed by atoms with E-state index in [9.17, 15) is 4.79 Å².